The van der Waals surface area contributed by atoms with Crippen LogP contribution in [0.3, 0.4) is 0 Å². The molecule has 3 rings (SSSR count). The second-order valence-corrected chi connectivity index (χ2v) is 7.19. The maximum absolute atomic E-state index is 14.0. The summed E-state index contributed by atoms with van der Waals surface area (Å²) in [6.45, 7) is 1.91. The normalized spacial score (nSPS) is 24.6. The van der Waals surface area contributed by atoms with Crippen molar-refractivity contribution in [1.29, 1.82) is 0 Å². The number of benzene rings is 1. The lowest BCUT2D eigenvalue weighted by Gasteiger charge is -2.32. The van der Waals surface area contributed by atoms with Crippen molar-refractivity contribution in [2.75, 3.05) is 26.2 Å². The molecule has 8 heteroatoms. The van der Waals surface area contributed by atoms with Crippen molar-refractivity contribution >= 4 is 35.8 Å². The zero-order valence-corrected chi connectivity index (χ0v) is 16.0. The van der Waals surface area contributed by atoms with Gasteiger partial charge in [0, 0.05) is 48.6 Å². The van der Waals surface area contributed by atoms with Crippen LogP contribution < -0.4 is 11.1 Å². The topological polar surface area (TPSA) is 75.4 Å². The number of carbonyl (C=O) groups is 2. The third-order valence-corrected chi connectivity index (χ3v) is 5.36. The van der Waals surface area contributed by atoms with Crippen LogP contribution in [-0.4, -0.2) is 42.9 Å². The molecule has 144 valence electrons. The lowest BCUT2D eigenvalue weighted by Crippen LogP contribution is -2.46. The highest BCUT2D eigenvalue weighted by molar-refractivity contribution is 6.31. The number of rotatable bonds is 5. The van der Waals surface area contributed by atoms with Gasteiger partial charge in [-0.15, -0.1) is 12.4 Å². The second-order valence-electron chi connectivity index (χ2n) is 6.79. The van der Waals surface area contributed by atoms with E-state index < -0.39 is 0 Å². The largest absolute Gasteiger partial charge is 0.355 e. The Morgan fingerprint density at radius 3 is 2.85 bits per heavy atom. The van der Waals surface area contributed by atoms with E-state index in [9.17, 15) is 14.0 Å². The predicted molar refractivity (Wildman–Crippen MR) is 101 cm³/mol. The molecule has 0 bridgehead atoms. The SMILES string of the molecule is Cl.NCCNC(=O)C1CCCN(C(=O)C2CC2c2c(F)cccc2Cl)C1. The molecule has 0 radical (unpaired) electrons. The number of nitrogens with one attached hydrogen (secondary N) is 1. The van der Waals surface area contributed by atoms with Crippen molar-refractivity contribution in [1.82, 2.24) is 10.2 Å². The molecule has 1 aromatic rings. The lowest BCUT2D eigenvalue weighted by atomic mass is 9.96. The second kappa shape index (κ2) is 9.02. The highest BCUT2D eigenvalue weighted by Crippen LogP contribution is 2.51. The monoisotopic (exact) mass is 403 g/mol. The van der Waals surface area contributed by atoms with Crippen molar-refractivity contribution in [3.63, 3.8) is 0 Å². The molecule has 3 N–H and O–H groups in total. The highest BCUT2D eigenvalue weighted by Gasteiger charge is 2.48. The molecule has 1 saturated carbocycles. The summed E-state index contributed by atoms with van der Waals surface area (Å²) in [6, 6.07) is 4.59. The summed E-state index contributed by atoms with van der Waals surface area (Å²) in [5.74, 6) is -0.995. The third-order valence-electron chi connectivity index (χ3n) is 5.03. The van der Waals surface area contributed by atoms with Crippen molar-refractivity contribution in [2.45, 2.75) is 25.2 Å². The molecule has 3 unspecified atom stereocenters. The van der Waals surface area contributed by atoms with Crippen LogP contribution in [0.15, 0.2) is 18.2 Å². The van der Waals surface area contributed by atoms with E-state index in [0.29, 0.717) is 43.2 Å². The number of piperidine rings is 1. The summed E-state index contributed by atoms with van der Waals surface area (Å²) in [4.78, 5) is 26.6. The number of carbonyl (C=O) groups excluding carboxylic acids is 2. The van der Waals surface area contributed by atoms with Gasteiger partial charge >= 0.3 is 0 Å². The Labute approximate surface area is 163 Å². The van der Waals surface area contributed by atoms with Crippen LogP contribution in [0.4, 0.5) is 4.39 Å². The van der Waals surface area contributed by atoms with E-state index in [1.54, 1.807) is 17.0 Å². The predicted octanol–water partition coefficient (Wildman–Crippen LogP) is 2.32. The van der Waals surface area contributed by atoms with Crippen molar-refractivity contribution < 1.29 is 14.0 Å². The van der Waals surface area contributed by atoms with Crippen LogP contribution >= 0.6 is 24.0 Å². The molecule has 0 aromatic heterocycles. The first-order valence-corrected chi connectivity index (χ1v) is 9.11. The Bertz CT molecular complexity index is 654. The van der Waals surface area contributed by atoms with Gasteiger partial charge in [0.15, 0.2) is 0 Å². The van der Waals surface area contributed by atoms with E-state index in [2.05, 4.69) is 5.32 Å². The minimum Gasteiger partial charge on any atom is -0.355 e. The highest BCUT2D eigenvalue weighted by atomic mass is 35.5. The average Bonchev–Trinajstić information content (AvgIpc) is 3.39. The van der Waals surface area contributed by atoms with Crippen LogP contribution in [0.2, 0.25) is 5.02 Å². The minimum absolute atomic E-state index is 0. The van der Waals surface area contributed by atoms with E-state index in [0.717, 1.165) is 12.8 Å². The summed E-state index contributed by atoms with van der Waals surface area (Å²) in [7, 11) is 0. The molecule has 2 fully saturated rings. The molecule has 2 aliphatic rings. The molecule has 1 aliphatic carbocycles. The average molecular weight is 404 g/mol. The zero-order chi connectivity index (χ0) is 18.0. The maximum Gasteiger partial charge on any atom is 0.226 e. The Morgan fingerprint density at radius 2 is 2.15 bits per heavy atom. The molecule has 0 spiro atoms. The van der Waals surface area contributed by atoms with Gasteiger partial charge < -0.3 is 16.0 Å². The summed E-state index contributed by atoms with van der Waals surface area (Å²) in [6.07, 6.45) is 2.18. The molecule has 1 aromatic carbocycles. The smallest absolute Gasteiger partial charge is 0.226 e. The van der Waals surface area contributed by atoms with Gasteiger partial charge in [-0.25, -0.2) is 4.39 Å². The number of nitrogens with zero attached hydrogens (tertiary/aromatic N) is 1. The van der Waals surface area contributed by atoms with Gasteiger partial charge in [0.1, 0.15) is 5.82 Å². The van der Waals surface area contributed by atoms with E-state index in [-0.39, 0.29) is 47.8 Å². The minimum atomic E-state index is -0.356. The van der Waals surface area contributed by atoms with Gasteiger partial charge in [0.25, 0.3) is 0 Å². The van der Waals surface area contributed by atoms with Crippen LogP contribution in [-0.2, 0) is 9.59 Å². The number of halogens is 3. The maximum atomic E-state index is 14.0. The fourth-order valence-corrected chi connectivity index (χ4v) is 3.92. The molecular weight excluding hydrogens is 380 g/mol. The van der Waals surface area contributed by atoms with E-state index in [1.807, 2.05) is 0 Å². The van der Waals surface area contributed by atoms with Crippen LogP contribution in [0.25, 0.3) is 0 Å². The van der Waals surface area contributed by atoms with Gasteiger partial charge in [-0.1, -0.05) is 17.7 Å². The van der Waals surface area contributed by atoms with Gasteiger partial charge in [-0.3, -0.25) is 9.59 Å². The van der Waals surface area contributed by atoms with E-state index in [1.165, 1.54) is 6.07 Å². The Balaban J connectivity index is 0.00000243. The van der Waals surface area contributed by atoms with Crippen molar-refractivity contribution in [2.24, 2.45) is 17.6 Å². The zero-order valence-electron chi connectivity index (χ0n) is 14.4. The van der Waals surface area contributed by atoms with Crippen molar-refractivity contribution in [3.05, 3.63) is 34.6 Å². The number of hydrogen-bond donors (Lipinski definition) is 2. The molecular formula is C18H24Cl2FN3O2. The summed E-state index contributed by atoms with van der Waals surface area (Å²) in [5.41, 5.74) is 5.85. The lowest BCUT2D eigenvalue weighted by molar-refractivity contribution is -0.136. The van der Waals surface area contributed by atoms with Gasteiger partial charge in [-0.05, 0) is 31.4 Å². The number of amides is 2. The van der Waals surface area contributed by atoms with Gasteiger partial charge in [0.2, 0.25) is 11.8 Å². The van der Waals surface area contributed by atoms with Crippen LogP contribution in [0, 0.1) is 17.7 Å². The fourth-order valence-electron chi connectivity index (χ4n) is 3.62. The third kappa shape index (κ3) is 4.48. The first-order valence-electron chi connectivity index (χ1n) is 8.73. The van der Waals surface area contributed by atoms with Crippen molar-refractivity contribution in [3.8, 4) is 0 Å². The molecule has 3 atom stereocenters. The summed E-state index contributed by atoms with van der Waals surface area (Å²) in [5, 5.41) is 3.16. The number of nitrogens with two attached hydrogens (primary N) is 1. The first kappa shape index (κ1) is 20.9. The Kier molecular flexibility index (Phi) is 7.26. The van der Waals surface area contributed by atoms with Crippen LogP contribution in [0.5, 0.6) is 0 Å². The molecule has 1 heterocycles. The molecule has 5 nitrogen and oxygen atoms in total. The standard InChI is InChI=1S/C18H23ClFN3O2.ClH/c19-14-4-1-5-15(20)16(14)12-9-13(12)18(25)23-8-2-3-11(10-23)17(24)22-7-6-21;/h1,4-5,11-13H,2-3,6-10,21H2,(H,22,24);1H. The number of likely N-dealkylation sites (tertiary alicyclic amines) is 1. The molecule has 1 saturated heterocycles. The first-order chi connectivity index (χ1) is 12.0. The molecule has 2 amide bonds. The quantitative estimate of drug-likeness (QED) is 0.791. The summed E-state index contributed by atoms with van der Waals surface area (Å²) < 4.78 is 14.0. The molecule has 26 heavy (non-hydrogen) atoms. The van der Waals surface area contributed by atoms with Crippen LogP contribution in [0.1, 0.15) is 30.7 Å². The molecule has 1 aliphatic heterocycles. The van der Waals surface area contributed by atoms with Gasteiger partial charge in [-0.2, -0.15) is 0 Å². The Morgan fingerprint density at radius 1 is 1.38 bits per heavy atom. The van der Waals surface area contributed by atoms with E-state index >= 15 is 0 Å². The summed E-state index contributed by atoms with van der Waals surface area (Å²) >= 11 is 6.11. The van der Waals surface area contributed by atoms with E-state index in [4.69, 9.17) is 17.3 Å². The van der Waals surface area contributed by atoms with Gasteiger partial charge in [0.05, 0.1) is 5.92 Å². The fraction of sp³-hybridized carbons (Fsp3) is 0.556. The Hall–Kier alpha value is -1.37. The number of hydrogen-bond acceptors (Lipinski definition) is 3.